The van der Waals surface area contributed by atoms with Crippen LogP contribution in [0.3, 0.4) is 0 Å². The van der Waals surface area contributed by atoms with Crippen LogP contribution < -0.4 is 0 Å². The summed E-state index contributed by atoms with van der Waals surface area (Å²) in [5.74, 6) is -0.365. The Morgan fingerprint density at radius 3 is 2.86 bits per heavy atom. The third-order valence-electron chi connectivity index (χ3n) is 5.16. The highest BCUT2D eigenvalue weighted by atomic mass is 19.1. The molecule has 1 aliphatic heterocycles. The number of pyridine rings is 2. The van der Waals surface area contributed by atoms with Crippen molar-refractivity contribution < 1.29 is 9.13 Å². The topological polar surface area (TPSA) is 57.2 Å². The molecule has 0 spiro atoms. The van der Waals surface area contributed by atoms with Crippen LogP contribution in [0, 0.1) is 12.7 Å². The molecule has 0 aromatic carbocycles. The lowest BCUT2D eigenvalue weighted by molar-refractivity contribution is -0.0657. The molecular formula is C21H20FN5O. The summed E-state index contributed by atoms with van der Waals surface area (Å²) in [5, 5.41) is 9.18. The standard InChI is InChI=1S/C21H20FN5O/c1-13-10-26-15(6-7-24-26)8-16(13)19-18-11-28-21(2,3)12-27(18)25-20(19)17-5-4-14(22)9-23-17/h4-10H,11-12H2,1-3H3. The van der Waals surface area contributed by atoms with E-state index >= 15 is 0 Å². The summed E-state index contributed by atoms with van der Waals surface area (Å²) in [6.07, 6.45) is 5.01. The van der Waals surface area contributed by atoms with Gasteiger partial charge < -0.3 is 4.74 Å². The van der Waals surface area contributed by atoms with Crippen molar-refractivity contribution in [2.24, 2.45) is 0 Å². The first kappa shape index (κ1) is 17.1. The molecule has 0 N–H and O–H groups in total. The Kier molecular flexibility index (Phi) is 3.64. The van der Waals surface area contributed by atoms with Gasteiger partial charge in [0.05, 0.1) is 41.9 Å². The molecule has 0 saturated carbocycles. The Morgan fingerprint density at radius 1 is 1.21 bits per heavy atom. The predicted molar refractivity (Wildman–Crippen MR) is 103 cm³/mol. The molecule has 7 heteroatoms. The smallest absolute Gasteiger partial charge is 0.141 e. The summed E-state index contributed by atoms with van der Waals surface area (Å²) in [7, 11) is 0. The number of halogens is 1. The maximum absolute atomic E-state index is 13.4. The van der Waals surface area contributed by atoms with Crippen LogP contribution in [0.4, 0.5) is 4.39 Å². The normalized spacial score (nSPS) is 15.7. The van der Waals surface area contributed by atoms with Gasteiger partial charge in [-0.15, -0.1) is 0 Å². The van der Waals surface area contributed by atoms with Crippen molar-refractivity contribution in [1.82, 2.24) is 24.4 Å². The zero-order chi connectivity index (χ0) is 19.5. The van der Waals surface area contributed by atoms with Crippen molar-refractivity contribution in [2.45, 2.75) is 39.5 Å². The molecular weight excluding hydrogens is 357 g/mol. The van der Waals surface area contributed by atoms with E-state index in [-0.39, 0.29) is 11.4 Å². The minimum atomic E-state index is -0.365. The highest BCUT2D eigenvalue weighted by molar-refractivity contribution is 5.84. The molecule has 6 nitrogen and oxygen atoms in total. The van der Waals surface area contributed by atoms with E-state index in [4.69, 9.17) is 9.84 Å². The highest BCUT2D eigenvalue weighted by Crippen LogP contribution is 2.39. The lowest BCUT2D eigenvalue weighted by Crippen LogP contribution is -2.36. The van der Waals surface area contributed by atoms with Gasteiger partial charge in [0, 0.05) is 18.0 Å². The van der Waals surface area contributed by atoms with Crippen molar-refractivity contribution in [3.63, 3.8) is 0 Å². The van der Waals surface area contributed by atoms with Gasteiger partial charge >= 0.3 is 0 Å². The van der Waals surface area contributed by atoms with E-state index in [2.05, 4.69) is 36.9 Å². The molecule has 5 rings (SSSR count). The summed E-state index contributed by atoms with van der Waals surface area (Å²) in [4.78, 5) is 4.29. The molecule has 0 saturated heterocycles. The van der Waals surface area contributed by atoms with Gasteiger partial charge in [-0.05, 0) is 56.2 Å². The van der Waals surface area contributed by atoms with Crippen LogP contribution >= 0.6 is 0 Å². The van der Waals surface area contributed by atoms with Crippen molar-refractivity contribution in [1.29, 1.82) is 0 Å². The van der Waals surface area contributed by atoms with E-state index in [0.29, 0.717) is 18.8 Å². The van der Waals surface area contributed by atoms with Crippen LogP contribution in [-0.2, 0) is 17.9 Å². The van der Waals surface area contributed by atoms with Gasteiger partial charge in [0.2, 0.25) is 0 Å². The molecule has 0 radical (unpaired) electrons. The maximum atomic E-state index is 13.4. The van der Waals surface area contributed by atoms with E-state index in [1.807, 2.05) is 21.5 Å². The second-order valence-electron chi connectivity index (χ2n) is 7.81. The first-order valence-corrected chi connectivity index (χ1v) is 9.21. The molecule has 142 valence electrons. The molecule has 0 atom stereocenters. The Hall–Kier alpha value is -3.06. The predicted octanol–water partition coefficient (Wildman–Crippen LogP) is 4.02. The van der Waals surface area contributed by atoms with Crippen LogP contribution in [0.1, 0.15) is 25.1 Å². The molecule has 0 bridgehead atoms. The van der Waals surface area contributed by atoms with Crippen molar-refractivity contribution in [3.8, 4) is 22.5 Å². The van der Waals surface area contributed by atoms with Crippen LogP contribution in [0.2, 0.25) is 0 Å². The second-order valence-corrected chi connectivity index (χ2v) is 7.81. The summed E-state index contributed by atoms with van der Waals surface area (Å²) >= 11 is 0. The van der Waals surface area contributed by atoms with Gasteiger partial charge in [-0.3, -0.25) is 9.67 Å². The number of rotatable bonds is 2. The lowest BCUT2D eigenvalue weighted by atomic mass is 9.97. The minimum Gasteiger partial charge on any atom is -0.367 e. The average molecular weight is 377 g/mol. The molecule has 4 aromatic heterocycles. The van der Waals surface area contributed by atoms with E-state index in [0.717, 1.165) is 33.6 Å². The minimum absolute atomic E-state index is 0.297. The van der Waals surface area contributed by atoms with Gasteiger partial charge in [-0.2, -0.15) is 10.2 Å². The van der Waals surface area contributed by atoms with Gasteiger partial charge in [0.1, 0.15) is 11.5 Å². The zero-order valence-electron chi connectivity index (χ0n) is 16.0. The van der Waals surface area contributed by atoms with Crippen LogP contribution in [0.25, 0.3) is 28.0 Å². The Bertz CT molecular complexity index is 1190. The number of fused-ring (bicyclic) bond motifs is 2. The number of hydrogen-bond acceptors (Lipinski definition) is 4. The fraction of sp³-hybridized carbons (Fsp3) is 0.286. The molecule has 0 fully saturated rings. The monoisotopic (exact) mass is 377 g/mol. The average Bonchev–Trinajstić information content (AvgIpc) is 3.24. The molecule has 4 aromatic rings. The summed E-state index contributed by atoms with van der Waals surface area (Å²) in [6, 6.07) is 7.16. The first-order chi connectivity index (χ1) is 13.4. The van der Waals surface area contributed by atoms with Crippen molar-refractivity contribution in [2.75, 3.05) is 0 Å². The van der Waals surface area contributed by atoms with Crippen LogP contribution in [-0.4, -0.2) is 30.0 Å². The highest BCUT2D eigenvalue weighted by Gasteiger charge is 2.32. The number of aromatic nitrogens is 5. The number of hydrogen-bond donors (Lipinski definition) is 0. The molecule has 0 aliphatic carbocycles. The fourth-order valence-electron chi connectivity index (χ4n) is 3.75. The van der Waals surface area contributed by atoms with Gasteiger partial charge in [-0.25, -0.2) is 8.91 Å². The third kappa shape index (κ3) is 2.70. The third-order valence-corrected chi connectivity index (χ3v) is 5.16. The van der Waals surface area contributed by atoms with Crippen LogP contribution in [0.15, 0.2) is 42.9 Å². The largest absolute Gasteiger partial charge is 0.367 e. The molecule has 0 unspecified atom stereocenters. The fourth-order valence-corrected chi connectivity index (χ4v) is 3.75. The molecule has 0 amide bonds. The number of nitrogens with zero attached hydrogens (tertiary/aromatic N) is 5. The van der Waals surface area contributed by atoms with Crippen LogP contribution in [0.5, 0.6) is 0 Å². The molecule has 5 heterocycles. The quantitative estimate of drug-likeness (QED) is 0.530. The number of aryl methyl sites for hydroxylation is 1. The van der Waals surface area contributed by atoms with Gasteiger partial charge in [0.25, 0.3) is 0 Å². The summed E-state index contributed by atoms with van der Waals surface area (Å²) in [5.41, 5.74) is 6.19. The van der Waals surface area contributed by atoms with Gasteiger partial charge in [-0.1, -0.05) is 0 Å². The van der Waals surface area contributed by atoms with E-state index in [1.165, 1.54) is 12.3 Å². The Balaban J connectivity index is 1.78. The van der Waals surface area contributed by atoms with E-state index in [1.54, 1.807) is 12.3 Å². The number of ether oxygens (including phenoxy) is 1. The SMILES string of the molecule is Cc1cn2nccc2cc1-c1c(-c2ccc(F)cn2)nn2c1COC(C)(C)C2. The molecule has 28 heavy (non-hydrogen) atoms. The maximum Gasteiger partial charge on any atom is 0.141 e. The second kappa shape index (κ2) is 5.97. The zero-order valence-corrected chi connectivity index (χ0v) is 16.0. The Morgan fingerprint density at radius 2 is 2.07 bits per heavy atom. The Labute approximate surface area is 161 Å². The van der Waals surface area contributed by atoms with Gasteiger partial charge in [0.15, 0.2) is 0 Å². The first-order valence-electron chi connectivity index (χ1n) is 9.21. The summed E-state index contributed by atoms with van der Waals surface area (Å²) in [6.45, 7) is 7.26. The van der Waals surface area contributed by atoms with E-state index < -0.39 is 0 Å². The summed E-state index contributed by atoms with van der Waals surface area (Å²) < 4.78 is 23.4. The lowest BCUT2D eigenvalue weighted by Gasteiger charge is -2.31. The van der Waals surface area contributed by atoms with Crippen molar-refractivity contribution >= 4 is 5.52 Å². The van der Waals surface area contributed by atoms with E-state index in [9.17, 15) is 4.39 Å². The molecule has 1 aliphatic rings. The van der Waals surface area contributed by atoms with Crippen molar-refractivity contribution in [3.05, 3.63) is 59.9 Å².